The molecule has 15 heteroatoms. The lowest BCUT2D eigenvalue weighted by Crippen LogP contribution is -2.42. The predicted octanol–water partition coefficient (Wildman–Crippen LogP) is 5.04. The van der Waals surface area contributed by atoms with Crippen molar-refractivity contribution in [2.45, 2.75) is 56.3 Å². The Bertz CT molecular complexity index is 2070. The molecular formula is C38H41N9O6. The van der Waals surface area contributed by atoms with E-state index in [4.69, 9.17) is 19.6 Å². The molecule has 4 atom stereocenters. The molecule has 2 aromatic carbocycles. The molecule has 5 heterocycles. The predicted molar refractivity (Wildman–Crippen MR) is 193 cm³/mol. The number of imidazole rings is 2. The van der Waals surface area contributed by atoms with Gasteiger partial charge in [0, 0.05) is 31.9 Å². The summed E-state index contributed by atoms with van der Waals surface area (Å²) in [5.74, 6) is 0.973. The summed E-state index contributed by atoms with van der Waals surface area (Å²) in [6, 6.07) is 18.2. The third kappa shape index (κ3) is 7.74. The fraction of sp³-hybridized carbons (Fsp3) is 0.342. The molecule has 0 spiro atoms. The van der Waals surface area contributed by atoms with Gasteiger partial charge in [0.1, 0.15) is 23.2 Å². The van der Waals surface area contributed by atoms with Crippen molar-refractivity contribution in [3.05, 3.63) is 113 Å². The highest BCUT2D eigenvalue weighted by atomic mass is 17.2. The average Bonchev–Trinajstić information content (AvgIpc) is 4.02. The number of nitrogens with one attached hydrogen (secondary N) is 3. The van der Waals surface area contributed by atoms with E-state index in [2.05, 4.69) is 30.1 Å². The van der Waals surface area contributed by atoms with Gasteiger partial charge in [-0.1, -0.05) is 60.7 Å². The first-order chi connectivity index (χ1) is 25.9. The zero-order chi connectivity index (χ0) is 36.7. The van der Waals surface area contributed by atoms with Gasteiger partial charge >= 0.3 is 6.09 Å². The zero-order valence-corrected chi connectivity index (χ0v) is 29.5. The minimum absolute atomic E-state index is 0.157. The molecule has 2 aliphatic rings. The maximum Gasteiger partial charge on any atom is 0.407 e. The van der Waals surface area contributed by atoms with E-state index in [1.807, 2.05) is 77.8 Å². The maximum atomic E-state index is 13.9. The fourth-order valence-electron chi connectivity index (χ4n) is 7.18. The van der Waals surface area contributed by atoms with Crippen LogP contribution in [0, 0.1) is 0 Å². The summed E-state index contributed by atoms with van der Waals surface area (Å²) in [5.41, 5.74) is 4.44. The molecule has 3 amide bonds. The first-order valence-electron chi connectivity index (χ1n) is 17.6. The quantitative estimate of drug-likeness (QED) is 0.0689. The van der Waals surface area contributed by atoms with Gasteiger partial charge < -0.3 is 34.7 Å². The number of carbonyl (C=O) groups excluding carboxylic acids is 3. The highest BCUT2D eigenvalue weighted by molar-refractivity contribution is 5.87. The van der Waals surface area contributed by atoms with Crippen molar-refractivity contribution in [2.24, 2.45) is 4.99 Å². The summed E-state index contributed by atoms with van der Waals surface area (Å²) in [6.45, 7) is 1.11. The van der Waals surface area contributed by atoms with Gasteiger partial charge in [0.05, 0.1) is 32.0 Å². The molecule has 0 bridgehead atoms. The van der Waals surface area contributed by atoms with Crippen LogP contribution in [0.1, 0.15) is 83.9 Å². The van der Waals surface area contributed by atoms with Crippen molar-refractivity contribution in [1.29, 1.82) is 0 Å². The Labute approximate surface area is 305 Å². The van der Waals surface area contributed by atoms with Gasteiger partial charge in [0.25, 0.3) is 11.8 Å². The second-order valence-corrected chi connectivity index (χ2v) is 13.0. The fourth-order valence-corrected chi connectivity index (χ4v) is 7.18. The number of benzene rings is 2. The number of alkyl carbamates (subject to hydrolysis) is 1. The third-order valence-electron chi connectivity index (χ3n) is 9.68. The summed E-state index contributed by atoms with van der Waals surface area (Å²) in [5, 5.41) is 2.70. The number of ether oxygens (including phenoxy) is 1. The number of hydrogen-bond donors (Lipinski definition) is 3. The number of likely N-dealkylation sites (tertiary alicyclic amines) is 2. The van der Waals surface area contributed by atoms with Crippen LogP contribution in [-0.2, 0) is 30.5 Å². The summed E-state index contributed by atoms with van der Waals surface area (Å²) < 4.78 is 4.81. The molecule has 53 heavy (non-hydrogen) atoms. The maximum absolute atomic E-state index is 13.9. The number of methoxy groups -OCH3 is 1. The molecule has 7 rings (SSSR count). The number of nitrogens with zero attached hydrogens (tertiary/aromatic N) is 6. The molecule has 0 aliphatic carbocycles. The molecule has 2 aliphatic heterocycles. The largest absolute Gasteiger partial charge is 0.453 e. The molecular weight excluding hydrogens is 678 g/mol. The minimum Gasteiger partial charge on any atom is -0.453 e. The van der Waals surface area contributed by atoms with Crippen LogP contribution in [0.2, 0.25) is 0 Å². The summed E-state index contributed by atoms with van der Waals surface area (Å²) >= 11 is 0. The number of aromatic nitrogens is 5. The van der Waals surface area contributed by atoms with Crippen molar-refractivity contribution in [3.63, 3.8) is 0 Å². The number of H-pyrrole nitrogens is 2. The van der Waals surface area contributed by atoms with Crippen LogP contribution in [0.4, 0.5) is 4.79 Å². The average molecular weight is 720 g/mol. The number of rotatable bonds is 12. The Morgan fingerprint density at radius 3 is 2.30 bits per heavy atom. The highest BCUT2D eigenvalue weighted by Crippen LogP contribution is 2.36. The van der Waals surface area contributed by atoms with Gasteiger partial charge in [-0.05, 0) is 48.4 Å². The van der Waals surface area contributed by atoms with Crippen LogP contribution in [0.15, 0.2) is 84.1 Å². The summed E-state index contributed by atoms with van der Waals surface area (Å²) in [6.07, 6.45) is 7.72. The van der Waals surface area contributed by atoms with Crippen LogP contribution >= 0.6 is 0 Å². The van der Waals surface area contributed by atoms with Crippen LogP contribution in [0.5, 0.6) is 0 Å². The van der Waals surface area contributed by atoms with E-state index < -0.39 is 18.2 Å². The highest BCUT2D eigenvalue weighted by Gasteiger charge is 2.38. The Kier molecular flexibility index (Phi) is 10.7. The third-order valence-corrected chi connectivity index (χ3v) is 9.68. The minimum atomic E-state index is -0.890. The summed E-state index contributed by atoms with van der Waals surface area (Å²) in [4.78, 5) is 78.5. The Balaban J connectivity index is 1.05. The molecule has 5 aromatic rings. The van der Waals surface area contributed by atoms with E-state index in [-0.39, 0.29) is 23.9 Å². The Hall–Kier alpha value is -6.09. The van der Waals surface area contributed by atoms with Gasteiger partial charge in [-0.3, -0.25) is 9.59 Å². The summed E-state index contributed by atoms with van der Waals surface area (Å²) in [7, 11) is 2.65. The monoisotopic (exact) mass is 719 g/mol. The van der Waals surface area contributed by atoms with Gasteiger partial charge in [0.15, 0.2) is 11.7 Å². The van der Waals surface area contributed by atoms with Crippen LogP contribution < -0.4 is 5.32 Å². The lowest BCUT2D eigenvalue weighted by Gasteiger charge is -2.28. The van der Waals surface area contributed by atoms with E-state index in [0.717, 1.165) is 48.9 Å². The van der Waals surface area contributed by atoms with Crippen LogP contribution in [0.3, 0.4) is 0 Å². The van der Waals surface area contributed by atoms with Crippen LogP contribution in [-0.4, -0.2) is 86.3 Å². The molecule has 0 unspecified atom stereocenters. The van der Waals surface area contributed by atoms with Gasteiger partial charge in [0.2, 0.25) is 6.40 Å². The standard InChI is InChI=1S/C38H41N9O6/c1-51-38(50)44-32(26-13-7-4-8-14-26)37(49)46-17-9-15-29(46)34-40-22-27(42-34)19-24-20-28-33(39-21-24)45-35(43-28)30-16-10-18-47(30)36(48)31(41-23-53-52-2)25-11-5-3-6-12-25/h3-8,11-14,20-23,29-32H,9-10,15-19H2,1-2H3,(H,40,42)(H,44,50)(H,39,43,45)/b41-23-/t29-,30-,31+,32-/m0/s1. The van der Waals surface area contributed by atoms with Gasteiger partial charge in [-0.25, -0.2) is 24.7 Å². The van der Waals surface area contributed by atoms with E-state index in [1.54, 1.807) is 11.1 Å². The number of carbonyl (C=O) groups is 3. The number of aromatic amines is 2. The van der Waals surface area contributed by atoms with Gasteiger partial charge in [-0.15, -0.1) is 0 Å². The lowest BCUT2D eigenvalue weighted by molar-refractivity contribution is -0.188. The normalized spacial score (nSPS) is 18.4. The molecule has 3 aromatic heterocycles. The number of amides is 3. The number of aliphatic imine (C=N–C) groups is 1. The number of pyridine rings is 1. The van der Waals surface area contributed by atoms with E-state index >= 15 is 0 Å². The topological polar surface area (TPSA) is 180 Å². The van der Waals surface area contributed by atoms with E-state index in [0.29, 0.717) is 47.9 Å². The number of hydrogen-bond acceptors (Lipinski definition) is 10. The van der Waals surface area contributed by atoms with Crippen molar-refractivity contribution in [3.8, 4) is 0 Å². The Morgan fingerprint density at radius 1 is 0.925 bits per heavy atom. The zero-order valence-electron chi connectivity index (χ0n) is 29.5. The SMILES string of the molecule is COO/C=N\[C@@H](C(=O)N1CCC[C@H]1c1nc2cc(Cc3c[nH]c([C@@H]4CCCN4C(=O)[C@@H](NC(=O)OC)c4ccccc4)n3)cnc2[nH]1)c1ccccc1. The number of fused-ring (bicyclic) bond motifs is 1. The van der Waals surface area contributed by atoms with E-state index in [9.17, 15) is 14.4 Å². The molecule has 274 valence electrons. The van der Waals surface area contributed by atoms with Crippen molar-refractivity contribution >= 4 is 35.5 Å². The van der Waals surface area contributed by atoms with E-state index in [1.165, 1.54) is 14.2 Å². The van der Waals surface area contributed by atoms with Crippen LogP contribution in [0.25, 0.3) is 11.2 Å². The first kappa shape index (κ1) is 35.3. The van der Waals surface area contributed by atoms with Gasteiger partial charge in [-0.2, -0.15) is 4.89 Å². The molecule has 3 N–H and O–H groups in total. The lowest BCUT2D eigenvalue weighted by atomic mass is 10.1. The second-order valence-electron chi connectivity index (χ2n) is 13.0. The molecule has 0 radical (unpaired) electrons. The molecule has 2 fully saturated rings. The molecule has 2 saturated heterocycles. The second kappa shape index (κ2) is 16.1. The smallest absolute Gasteiger partial charge is 0.407 e. The molecule has 0 saturated carbocycles. The van der Waals surface area contributed by atoms with Crippen molar-refractivity contribution < 1.29 is 28.9 Å². The Morgan fingerprint density at radius 2 is 1.60 bits per heavy atom. The van der Waals surface area contributed by atoms with Crippen molar-refractivity contribution in [1.82, 2.24) is 40.0 Å². The van der Waals surface area contributed by atoms with Crippen molar-refractivity contribution in [2.75, 3.05) is 27.3 Å². The first-order valence-corrected chi connectivity index (χ1v) is 17.6. The molecule has 15 nitrogen and oxygen atoms in total.